The lowest BCUT2D eigenvalue weighted by atomic mass is 9.95. The van der Waals surface area contributed by atoms with Crippen molar-refractivity contribution in [3.63, 3.8) is 0 Å². The van der Waals surface area contributed by atoms with Crippen molar-refractivity contribution < 1.29 is 5.11 Å². The molecule has 190 valence electrons. The Kier molecular flexibility index (Phi) is 9.93. The maximum absolute atomic E-state index is 10.6. The molecule has 0 amide bonds. The Morgan fingerprint density at radius 1 is 1.00 bits per heavy atom. The minimum Gasteiger partial charge on any atom is -0.388 e. The van der Waals surface area contributed by atoms with Crippen LogP contribution in [0, 0.1) is 12.8 Å². The minimum absolute atomic E-state index is 0.0903. The van der Waals surface area contributed by atoms with E-state index in [2.05, 4.69) is 37.8 Å². The third-order valence-corrected chi connectivity index (χ3v) is 6.03. The van der Waals surface area contributed by atoms with Crippen molar-refractivity contribution in [1.29, 1.82) is 0 Å². The van der Waals surface area contributed by atoms with Gasteiger partial charge < -0.3 is 10.8 Å². The Balaban J connectivity index is 2.13. The zero-order chi connectivity index (χ0) is 26.8. The predicted octanol–water partition coefficient (Wildman–Crippen LogP) is 7.19. The number of rotatable bonds is 9. The quantitative estimate of drug-likeness (QED) is 0.189. The zero-order valence-corrected chi connectivity index (χ0v) is 22.2. The lowest BCUT2D eigenvalue weighted by molar-refractivity contribution is 0.127. The van der Waals surface area contributed by atoms with Crippen LogP contribution >= 0.6 is 0 Å². The van der Waals surface area contributed by atoms with E-state index in [1.165, 1.54) is 0 Å². The van der Waals surface area contributed by atoms with Gasteiger partial charge in [-0.3, -0.25) is 4.99 Å². The van der Waals surface area contributed by atoms with Crippen LogP contribution in [-0.2, 0) is 0 Å². The molecular weight excluding hydrogens is 454 g/mol. The highest BCUT2D eigenvalue weighted by atomic mass is 16.3. The maximum Gasteiger partial charge on any atom is 0.158 e. The summed E-state index contributed by atoms with van der Waals surface area (Å²) in [5, 5.41) is 10.6. The number of aryl methyl sites for hydroxylation is 1. The first kappa shape index (κ1) is 27.6. The fourth-order valence-corrected chi connectivity index (χ4v) is 3.97. The fraction of sp³-hybridized carbons (Fsp3) is 0.212. The summed E-state index contributed by atoms with van der Waals surface area (Å²) < 4.78 is 0. The number of benzene rings is 3. The van der Waals surface area contributed by atoms with Gasteiger partial charge >= 0.3 is 0 Å². The van der Waals surface area contributed by atoms with Gasteiger partial charge in [0.1, 0.15) is 5.84 Å². The molecule has 0 bridgehead atoms. The summed E-state index contributed by atoms with van der Waals surface area (Å²) in [6.07, 6.45) is 7.24. The fourth-order valence-electron chi connectivity index (χ4n) is 3.97. The molecular formula is C33H37N3O. The number of aliphatic hydroxyl groups excluding tert-OH is 1. The molecule has 3 N–H and O–H groups in total. The first-order chi connectivity index (χ1) is 17.8. The number of nitrogens with two attached hydrogens (primary N) is 1. The standard InChI is InChI=1S/C33H37N3O/c1-6-7-9-14-24(4)22-35-33(30-25(5)15-12-20-29(30)26-16-10-8-11-17-26)36-32(34)28-19-13-18-27(21-28)31(37)23(2)3/h6-21,23,31,37H,4,22H2,1-3,5H3,(H2,34,35,36)/b7-6-,14-9-. The van der Waals surface area contributed by atoms with E-state index in [1.54, 1.807) is 0 Å². The van der Waals surface area contributed by atoms with Crippen LogP contribution in [0.3, 0.4) is 0 Å². The molecule has 4 nitrogen and oxygen atoms in total. The molecule has 0 heterocycles. The second kappa shape index (κ2) is 13.3. The monoisotopic (exact) mass is 491 g/mol. The van der Waals surface area contributed by atoms with Crippen molar-refractivity contribution in [2.75, 3.05) is 6.54 Å². The number of hydrogen-bond donors (Lipinski definition) is 2. The average Bonchev–Trinajstić information content (AvgIpc) is 2.91. The summed E-state index contributed by atoms with van der Waals surface area (Å²) in [5.41, 5.74) is 13.1. The van der Waals surface area contributed by atoms with Crippen molar-refractivity contribution in [1.82, 2.24) is 0 Å². The van der Waals surface area contributed by atoms with Gasteiger partial charge in [0.15, 0.2) is 5.84 Å². The molecule has 0 saturated carbocycles. The van der Waals surface area contributed by atoms with Gasteiger partial charge in [-0.1, -0.05) is 111 Å². The molecule has 0 fully saturated rings. The molecule has 0 aliphatic rings. The highest BCUT2D eigenvalue weighted by molar-refractivity contribution is 6.14. The van der Waals surface area contributed by atoms with Crippen LogP contribution in [0.1, 0.15) is 49.1 Å². The molecule has 0 radical (unpaired) electrons. The summed E-state index contributed by atoms with van der Waals surface area (Å²) in [6.45, 7) is 12.5. The van der Waals surface area contributed by atoms with Gasteiger partial charge in [0.2, 0.25) is 0 Å². The van der Waals surface area contributed by atoms with E-state index >= 15 is 0 Å². The largest absolute Gasteiger partial charge is 0.388 e. The Labute approximate surface area is 221 Å². The number of aliphatic hydroxyl groups is 1. The highest BCUT2D eigenvalue weighted by Gasteiger charge is 2.16. The summed E-state index contributed by atoms with van der Waals surface area (Å²) in [4.78, 5) is 9.76. The Morgan fingerprint density at radius 3 is 2.43 bits per heavy atom. The van der Waals surface area contributed by atoms with Crippen LogP contribution in [0.15, 0.2) is 119 Å². The van der Waals surface area contributed by atoms with E-state index in [9.17, 15) is 5.11 Å². The smallest absolute Gasteiger partial charge is 0.158 e. The van der Waals surface area contributed by atoms with Crippen molar-refractivity contribution in [2.45, 2.75) is 33.8 Å². The molecule has 3 aromatic rings. The second-order valence-corrected chi connectivity index (χ2v) is 9.36. The van der Waals surface area contributed by atoms with Crippen LogP contribution in [-0.4, -0.2) is 23.3 Å². The topological polar surface area (TPSA) is 71.0 Å². The molecule has 3 rings (SSSR count). The van der Waals surface area contributed by atoms with Crippen molar-refractivity contribution in [2.24, 2.45) is 21.6 Å². The molecule has 0 saturated heterocycles. The number of hydrogen-bond acceptors (Lipinski definition) is 2. The van der Waals surface area contributed by atoms with Crippen molar-refractivity contribution in [3.8, 4) is 11.1 Å². The van der Waals surface area contributed by atoms with Crippen LogP contribution in [0.25, 0.3) is 11.1 Å². The predicted molar refractivity (Wildman–Crippen MR) is 158 cm³/mol. The Bertz CT molecular complexity index is 1330. The molecule has 0 aromatic heterocycles. The van der Waals surface area contributed by atoms with E-state index in [1.807, 2.05) is 93.6 Å². The third-order valence-electron chi connectivity index (χ3n) is 6.03. The van der Waals surface area contributed by atoms with E-state index in [4.69, 9.17) is 15.7 Å². The summed E-state index contributed by atoms with van der Waals surface area (Å²) >= 11 is 0. The number of aliphatic imine (C=N–C) groups is 2. The number of allylic oxidation sites excluding steroid dienone is 3. The molecule has 0 aliphatic carbocycles. The molecule has 3 aromatic carbocycles. The molecule has 1 unspecified atom stereocenters. The van der Waals surface area contributed by atoms with Gasteiger partial charge in [-0.25, -0.2) is 4.99 Å². The van der Waals surface area contributed by atoms with Crippen molar-refractivity contribution >= 4 is 11.7 Å². The summed E-state index contributed by atoms with van der Waals surface area (Å²) in [5.74, 6) is 0.978. The highest BCUT2D eigenvalue weighted by Crippen LogP contribution is 2.28. The van der Waals surface area contributed by atoms with Gasteiger partial charge in [0.25, 0.3) is 0 Å². The van der Waals surface area contributed by atoms with Gasteiger partial charge in [0.05, 0.1) is 12.6 Å². The molecule has 37 heavy (non-hydrogen) atoms. The molecule has 0 spiro atoms. The van der Waals surface area contributed by atoms with Crippen LogP contribution < -0.4 is 5.73 Å². The van der Waals surface area contributed by atoms with Gasteiger partial charge in [-0.15, -0.1) is 0 Å². The molecule has 4 heteroatoms. The summed E-state index contributed by atoms with van der Waals surface area (Å²) in [7, 11) is 0. The first-order valence-corrected chi connectivity index (χ1v) is 12.6. The third kappa shape index (κ3) is 7.48. The number of nitrogens with zero attached hydrogens (tertiary/aromatic N) is 2. The summed E-state index contributed by atoms with van der Waals surface area (Å²) in [6, 6.07) is 24.0. The van der Waals surface area contributed by atoms with E-state index in [0.29, 0.717) is 18.2 Å². The van der Waals surface area contributed by atoms with Crippen LogP contribution in [0.2, 0.25) is 0 Å². The molecule has 0 aliphatic heterocycles. The van der Waals surface area contributed by atoms with Gasteiger partial charge in [-0.2, -0.15) is 0 Å². The first-order valence-electron chi connectivity index (χ1n) is 12.6. The lowest BCUT2D eigenvalue weighted by Gasteiger charge is -2.16. The van der Waals surface area contributed by atoms with E-state index in [-0.39, 0.29) is 5.92 Å². The maximum atomic E-state index is 10.6. The van der Waals surface area contributed by atoms with E-state index in [0.717, 1.165) is 39.0 Å². The van der Waals surface area contributed by atoms with Crippen LogP contribution in [0.4, 0.5) is 0 Å². The SMILES string of the molecule is C=C(/C=C\C=C/C)CN=C(N=C(N)c1cccc(C(O)C(C)C)c1)c1c(C)cccc1-c1ccccc1. The van der Waals surface area contributed by atoms with Crippen molar-refractivity contribution in [3.05, 3.63) is 132 Å². The number of amidine groups is 2. The Hall–Kier alpha value is -4.02. The Morgan fingerprint density at radius 2 is 1.73 bits per heavy atom. The zero-order valence-electron chi connectivity index (χ0n) is 22.2. The molecule has 1 atom stereocenters. The second-order valence-electron chi connectivity index (χ2n) is 9.36. The van der Waals surface area contributed by atoms with Crippen LogP contribution in [0.5, 0.6) is 0 Å². The lowest BCUT2D eigenvalue weighted by Crippen LogP contribution is -2.18. The minimum atomic E-state index is -0.575. The van der Waals surface area contributed by atoms with E-state index < -0.39 is 6.10 Å². The average molecular weight is 492 g/mol. The van der Waals surface area contributed by atoms with Gasteiger partial charge in [-0.05, 0) is 53.7 Å². The van der Waals surface area contributed by atoms with Gasteiger partial charge in [0, 0.05) is 11.1 Å². The normalized spacial score (nSPS) is 13.6.